The molecule has 1 N–H and O–H groups in total. The van der Waals surface area contributed by atoms with Crippen molar-refractivity contribution < 1.29 is 4.79 Å². The van der Waals surface area contributed by atoms with Gasteiger partial charge in [0, 0.05) is 5.56 Å². The largest absolute Gasteiger partial charge is 0.336 e. The number of carbonyl (C=O) groups excluding carboxylic acids is 1. The topological polar surface area (TPSA) is 29.1 Å². The maximum Gasteiger partial charge on any atom is 0.252 e. The van der Waals surface area contributed by atoms with Crippen LogP contribution in [0.1, 0.15) is 24.2 Å². The van der Waals surface area contributed by atoms with Crippen LogP contribution < -0.4 is 5.32 Å². The third-order valence-corrected chi connectivity index (χ3v) is 3.23. The molecule has 0 aromatic heterocycles. The standard InChI is InChI=1S/C12H10Cl3NO/c1-4-12(2,3)16-11(17)7-5-8(13)10(15)9(14)6-7/h1,5-6H,2-3H3,(H,16,17). The summed E-state index contributed by atoms with van der Waals surface area (Å²) in [7, 11) is 0. The zero-order chi connectivity index (χ0) is 13.2. The number of amides is 1. The first-order valence-corrected chi connectivity index (χ1v) is 5.85. The normalized spacial score (nSPS) is 10.8. The minimum absolute atomic E-state index is 0.223. The average molecular weight is 291 g/mol. The quantitative estimate of drug-likeness (QED) is 0.651. The molecule has 0 aliphatic heterocycles. The highest BCUT2D eigenvalue weighted by Gasteiger charge is 2.19. The van der Waals surface area contributed by atoms with Crippen molar-refractivity contribution >= 4 is 40.7 Å². The molecule has 0 radical (unpaired) electrons. The number of nitrogens with one attached hydrogen (secondary N) is 1. The summed E-state index contributed by atoms with van der Waals surface area (Å²) in [4.78, 5) is 11.9. The summed E-state index contributed by atoms with van der Waals surface area (Å²) in [6.45, 7) is 3.42. The van der Waals surface area contributed by atoms with E-state index in [0.29, 0.717) is 5.56 Å². The van der Waals surface area contributed by atoms with Gasteiger partial charge in [0.1, 0.15) is 0 Å². The SMILES string of the molecule is C#CC(C)(C)NC(=O)c1cc(Cl)c(Cl)c(Cl)c1. The van der Waals surface area contributed by atoms with E-state index >= 15 is 0 Å². The van der Waals surface area contributed by atoms with Crippen LogP contribution in [0.2, 0.25) is 15.1 Å². The van der Waals surface area contributed by atoms with Gasteiger partial charge in [0.2, 0.25) is 0 Å². The van der Waals surface area contributed by atoms with Gasteiger partial charge >= 0.3 is 0 Å². The van der Waals surface area contributed by atoms with Gasteiger partial charge in [0.05, 0.1) is 20.6 Å². The average Bonchev–Trinajstić information content (AvgIpc) is 2.24. The molecule has 1 aromatic carbocycles. The molecule has 0 atom stereocenters. The highest BCUT2D eigenvalue weighted by atomic mass is 35.5. The van der Waals surface area contributed by atoms with Crippen molar-refractivity contribution in [3.63, 3.8) is 0 Å². The second-order valence-electron chi connectivity index (χ2n) is 3.98. The third-order valence-electron chi connectivity index (χ3n) is 2.03. The first-order chi connectivity index (χ1) is 7.76. The molecule has 90 valence electrons. The molecule has 0 bridgehead atoms. The van der Waals surface area contributed by atoms with Gasteiger partial charge in [-0.25, -0.2) is 0 Å². The summed E-state index contributed by atoms with van der Waals surface area (Å²) in [5.41, 5.74) is -0.428. The van der Waals surface area contributed by atoms with E-state index in [2.05, 4.69) is 11.2 Å². The molecular formula is C12H10Cl3NO. The van der Waals surface area contributed by atoms with Crippen molar-refractivity contribution in [3.8, 4) is 12.3 Å². The van der Waals surface area contributed by atoms with Crippen LogP contribution in [0.3, 0.4) is 0 Å². The fourth-order valence-corrected chi connectivity index (χ4v) is 1.67. The summed E-state index contributed by atoms with van der Waals surface area (Å²) in [5.74, 6) is 2.11. The Hall–Kier alpha value is -0.880. The van der Waals surface area contributed by atoms with Crippen molar-refractivity contribution in [2.75, 3.05) is 0 Å². The Bertz CT molecular complexity index is 480. The van der Waals surface area contributed by atoms with Crippen molar-refractivity contribution in [2.24, 2.45) is 0 Å². The van der Waals surface area contributed by atoms with Gasteiger partial charge in [0.25, 0.3) is 5.91 Å². The van der Waals surface area contributed by atoms with E-state index in [1.807, 2.05) is 0 Å². The minimum Gasteiger partial charge on any atom is -0.336 e. The summed E-state index contributed by atoms with van der Waals surface area (Å²) in [5, 5.41) is 3.33. The van der Waals surface area contributed by atoms with E-state index in [1.165, 1.54) is 12.1 Å². The molecule has 0 heterocycles. The number of terminal acetylenes is 1. The Morgan fingerprint density at radius 2 is 1.76 bits per heavy atom. The zero-order valence-corrected chi connectivity index (χ0v) is 11.5. The summed E-state index contributed by atoms with van der Waals surface area (Å²) >= 11 is 17.4. The van der Waals surface area contributed by atoms with Gasteiger partial charge in [-0.15, -0.1) is 6.42 Å². The Balaban J connectivity index is 3.03. The molecule has 0 fully saturated rings. The van der Waals surface area contributed by atoms with Crippen LogP contribution in [-0.4, -0.2) is 11.4 Å². The first-order valence-electron chi connectivity index (χ1n) is 4.71. The van der Waals surface area contributed by atoms with E-state index in [9.17, 15) is 4.79 Å². The molecule has 0 unspecified atom stereocenters. The molecule has 5 heteroatoms. The van der Waals surface area contributed by atoms with Crippen molar-refractivity contribution in [1.82, 2.24) is 5.32 Å². The fraction of sp³-hybridized carbons (Fsp3) is 0.250. The van der Waals surface area contributed by atoms with Gasteiger partial charge in [-0.05, 0) is 26.0 Å². The number of hydrogen-bond acceptors (Lipinski definition) is 1. The highest BCUT2D eigenvalue weighted by Crippen LogP contribution is 2.31. The maximum atomic E-state index is 11.9. The van der Waals surface area contributed by atoms with Gasteiger partial charge in [-0.3, -0.25) is 4.79 Å². The molecule has 1 rings (SSSR count). The number of rotatable bonds is 2. The number of carbonyl (C=O) groups is 1. The number of benzene rings is 1. The monoisotopic (exact) mass is 289 g/mol. The molecule has 0 aliphatic carbocycles. The van der Waals surface area contributed by atoms with Crippen LogP contribution >= 0.6 is 34.8 Å². The van der Waals surface area contributed by atoms with Crippen molar-refractivity contribution in [1.29, 1.82) is 0 Å². The third kappa shape index (κ3) is 3.54. The molecule has 1 aromatic rings. The van der Waals surface area contributed by atoms with Crippen LogP contribution in [0.15, 0.2) is 12.1 Å². The van der Waals surface area contributed by atoms with Crippen LogP contribution in [0, 0.1) is 12.3 Å². The lowest BCUT2D eigenvalue weighted by molar-refractivity contribution is 0.0930. The van der Waals surface area contributed by atoms with Crippen LogP contribution in [0.25, 0.3) is 0 Å². The predicted molar refractivity (Wildman–Crippen MR) is 71.9 cm³/mol. The lowest BCUT2D eigenvalue weighted by Gasteiger charge is -2.19. The van der Waals surface area contributed by atoms with Crippen LogP contribution in [0.5, 0.6) is 0 Å². The fourth-order valence-electron chi connectivity index (χ4n) is 1.08. The molecule has 0 aliphatic rings. The van der Waals surface area contributed by atoms with Crippen LogP contribution in [-0.2, 0) is 0 Å². The lowest BCUT2D eigenvalue weighted by atomic mass is 10.1. The van der Waals surface area contributed by atoms with E-state index < -0.39 is 5.54 Å². The smallest absolute Gasteiger partial charge is 0.252 e. The predicted octanol–water partition coefficient (Wildman–Crippen LogP) is 3.79. The molecule has 0 saturated carbocycles. The Kier molecular flexibility index (Phi) is 4.32. The zero-order valence-electron chi connectivity index (χ0n) is 9.27. The summed E-state index contributed by atoms with van der Waals surface area (Å²) < 4.78 is 0. The molecular weight excluding hydrogens is 280 g/mol. The lowest BCUT2D eigenvalue weighted by Crippen LogP contribution is -2.42. The van der Waals surface area contributed by atoms with Crippen LogP contribution in [0.4, 0.5) is 0 Å². The first kappa shape index (κ1) is 14.2. The minimum atomic E-state index is -0.740. The summed E-state index contributed by atoms with van der Waals surface area (Å²) in [6, 6.07) is 2.88. The Labute approximate surface area is 115 Å². The maximum absolute atomic E-state index is 11.9. The van der Waals surface area contributed by atoms with E-state index in [1.54, 1.807) is 13.8 Å². The molecule has 2 nitrogen and oxygen atoms in total. The van der Waals surface area contributed by atoms with Gasteiger partial charge in [0.15, 0.2) is 0 Å². The van der Waals surface area contributed by atoms with E-state index in [-0.39, 0.29) is 21.0 Å². The summed E-state index contributed by atoms with van der Waals surface area (Å²) in [6.07, 6.45) is 5.28. The van der Waals surface area contributed by atoms with E-state index in [4.69, 9.17) is 41.2 Å². The van der Waals surface area contributed by atoms with Gasteiger partial charge in [-0.1, -0.05) is 40.7 Å². The second kappa shape index (κ2) is 5.18. The number of halogens is 3. The van der Waals surface area contributed by atoms with Gasteiger partial charge in [-0.2, -0.15) is 0 Å². The van der Waals surface area contributed by atoms with E-state index in [0.717, 1.165) is 0 Å². The molecule has 17 heavy (non-hydrogen) atoms. The Morgan fingerprint density at radius 1 is 1.29 bits per heavy atom. The molecule has 0 spiro atoms. The van der Waals surface area contributed by atoms with Crippen molar-refractivity contribution in [3.05, 3.63) is 32.8 Å². The van der Waals surface area contributed by atoms with Crippen molar-refractivity contribution in [2.45, 2.75) is 19.4 Å². The Morgan fingerprint density at radius 3 is 2.18 bits per heavy atom. The molecule has 1 amide bonds. The highest BCUT2D eigenvalue weighted by molar-refractivity contribution is 6.48. The van der Waals surface area contributed by atoms with Gasteiger partial charge < -0.3 is 5.32 Å². The molecule has 0 saturated heterocycles. The number of hydrogen-bond donors (Lipinski definition) is 1. The second-order valence-corrected chi connectivity index (χ2v) is 5.17.